The van der Waals surface area contributed by atoms with Crippen molar-refractivity contribution in [3.8, 4) is 10.4 Å². The highest BCUT2D eigenvalue weighted by molar-refractivity contribution is 7.90. The molecule has 0 saturated heterocycles. The first-order chi connectivity index (χ1) is 11.8. The first-order valence-electron chi connectivity index (χ1n) is 7.31. The van der Waals surface area contributed by atoms with Gasteiger partial charge in [0.05, 0.1) is 15.5 Å². The van der Waals surface area contributed by atoms with Gasteiger partial charge in [-0.25, -0.2) is 8.42 Å². The van der Waals surface area contributed by atoms with Crippen LogP contribution < -0.4 is 5.32 Å². The maximum Gasteiger partial charge on any atom is 0.265 e. The summed E-state index contributed by atoms with van der Waals surface area (Å²) in [6.07, 6.45) is 1.11. The average molecular weight is 392 g/mol. The fourth-order valence-corrected chi connectivity index (χ4v) is 4.18. The second kappa shape index (κ2) is 7.00. The van der Waals surface area contributed by atoms with Gasteiger partial charge in [0.15, 0.2) is 9.84 Å². The summed E-state index contributed by atoms with van der Waals surface area (Å²) < 4.78 is 23.7. The molecule has 0 saturated carbocycles. The molecule has 0 aliphatic heterocycles. The lowest BCUT2D eigenvalue weighted by Crippen LogP contribution is -2.13. The predicted molar refractivity (Wildman–Crippen MR) is 102 cm³/mol. The number of nitrogens with one attached hydrogen (secondary N) is 1. The maximum absolute atomic E-state index is 12.5. The van der Waals surface area contributed by atoms with Crippen LogP contribution in [0.3, 0.4) is 0 Å². The summed E-state index contributed by atoms with van der Waals surface area (Å²) in [6.45, 7) is 0. The molecule has 3 rings (SSSR count). The van der Waals surface area contributed by atoms with Crippen molar-refractivity contribution in [3.05, 3.63) is 70.6 Å². The first kappa shape index (κ1) is 17.7. The standard InChI is InChI=1S/C18H14ClNO3S2/c1-25(22,23)17-5-3-2-4-14(17)20-18(21)16-11-10-15(24-16)12-6-8-13(19)9-7-12/h2-11H,1H3,(H,20,21). The number of benzene rings is 2. The molecule has 0 radical (unpaired) electrons. The molecular weight excluding hydrogens is 378 g/mol. The molecule has 0 atom stereocenters. The van der Waals surface area contributed by atoms with Gasteiger partial charge < -0.3 is 5.32 Å². The van der Waals surface area contributed by atoms with Gasteiger partial charge in [-0.3, -0.25) is 4.79 Å². The number of carbonyl (C=O) groups excluding carboxylic acids is 1. The Labute approximate surface area is 155 Å². The largest absolute Gasteiger partial charge is 0.320 e. The monoisotopic (exact) mass is 391 g/mol. The predicted octanol–water partition coefficient (Wildman–Crippen LogP) is 4.72. The summed E-state index contributed by atoms with van der Waals surface area (Å²) in [5, 5.41) is 3.33. The molecule has 1 heterocycles. The number of sulfone groups is 1. The van der Waals surface area contributed by atoms with Gasteiger partial charge in [-0.2, -0.15) is 0 Å². The molecule has 0 aliphatic carbocycles. The SMILES string of the molecule is CS(=O)(=O)c1ccccc1NC(=O)c1ccc(-c2ccc(Cl)cc2)s1. The Balaban J connectivity index is 1.85. The third kappa shape index (κ3) is 4.10. The number of hydrogen-bond acceptors (Lipinski definition) is 4. The fraction of sp³-hybridized carbons (Fsp3) is 0.0556. The number of rotatable bonds is 4. The van der Waals surface area contributed by atoms with Crippen molar-refractivity contribution in [1.29, 1.82) is 0 Å². The van der Waals surface area contributed by atoms with Crippen molar-refractivity contribution < 1.29 is 13.2 Å². The van der Waals surface area contributed by atoms with Crippen LogP contribution in [-0.2, 0) is 9.84 Å². The van der Waals surface area contributed by atoms with E-state index in [1.165, 1.54) is 17.4 Å². The number of halogens is 1. The van der Waals surface area contributed by atoms with Crippen molar-refractivity contribution in [2.45, 2.75) is 4.90 Å². The van der Waals surface area contributed by atoms with E-state index in [1.807, 2.05) is 18.2 Å². The van der Waals surface area contributed by atoms with Crippen LogP contribution in [0.1, 0.15) is 9.67 Å². The van der Waals surface area contributed by atoms with E-state index in [0.29, 0.717) is 9.90 Å². The zero-order valence-corrected chi connectivity index (χ0v) is 15.6. The van der Waals surface area contributed by atoms with Gasteiger partial charge in [-0.05, 0) is 42.0 Å². The molecule has 1 amide bonds. The summed E-state index contributed by atoms with van der Waals surface area (Å²) in [5.41, 5.74) is 1.24. The van der Waals surface area contributed by atoms with Crippen LogP contribution >= 0.6 is 22.9 Å². The summed E-state index contributed by atoms with van der Waals surface area (Å²) in [7, 11) is -3.43. The van der Waals surface area contributed by atoms with Gasteiger partial charge in [-0.1, -0.05) is 35.9 Å². The van der Waals surface area contributed by atoms with Crippen LogP contribution in [0.2, 0.25) is 5.02 Å². The molecule has 2 aromatic carbocycles. The van der Waals surface area contributed by atoms with Crippen LogP contribution in [-0.4, -0.2) is 20.6 Å². The molecule has 0 spiro atoms. The number of carbonyl (C=O) groups is 1. The van der Waals surface area contributed by atoms with Crippen LogP contribution in [0.25, 0.3) is 10.4 Å². The minimum Gasteiger partial charge on any atom is -0.320 e. The van der Waals surface area contributed by atoms with Crippen molar-refractivity contribution in [2.75, 3.05) is 11.6 Å². The maximum atomic E-state index is 12.5. The number of anilines is 1. The Morgan fingerprint density at radius 3 is 2.36 bits per heavy atom. The van der Waals surface area contributed by atoms with Gasteiger partial charge in [0, 0.05) is 16.2 Å². The normalized spacial score (nSPS) is 11.3. The van der Waals surface area contributed by atoms with Crippen LogP contribution in [0.5, 0.6) is 0 Å². The lowest BCUT2D eigenvalue weighted by molar-refractivity contribution is 0.103. The Hall–Kier alpha value is -2.15. The molecule has 25 heavy (non-hydrogen) atoms. The lowest BCUT2D eigenvalue weighted by Gasteiger charge is -2.08. The van der Waals surface area contributed by atoms with Crippen molar-refractivity contribution >= 4 is 44.4 Å². The minimum absolute atomic E-state index is 0.0952. The molecule has 0 fully saturated rings. The van der Waals surface area contributed by atoms with E-state index in [9.17, 15) is 13.2 Å². The Morgan fingerprint density at radius 1 is 1.00 bits per heavy atom. The Bertz CT molecular complexity index is 1020. The van der Waals surface area contributed by atoms with Crippen molar-refractivity contribution in [1.82, 2.24) is 0 Å². The average Bonchev–Trinajstić information content (AvgIpc) is 3.05. The van der Waals surface area contributed by atoms with Gasteiger partial charge >= 0.3 is 0 Å². The quantitative estimate of drug-likeness (QED) is 0.699. The molecule has 0 unspecified atom stereocenters. The van der Waals surface area contributed by atoms with Gasteiger partial charge in [0.25, 0.3) is 5.91 Å². The highest BCUT2D eigenvalue weighted by Crippen LogP contribution is 2.30. The van der Waals surface area contributed by atoms with E-state index in [0.717, 1.165) is 16.7 Å². The minimum atomic E-state index is -3.43. The van der Waals surface area contributed by atoms with Crippen LogP contribution in [0.15, 0.2) is 65.6 Å². The summed E-state index contributed by atoms with van der Waals surface area (Å²) in [5.74, 6) is -0.346. The van der Waals surface area contributed by atoms with Crippen LogP contribution in [0, 0.1) is 0 Å². The smallest absolute Gasteiger partial charge is 0.265 e. The van der Waals surface area contributed by atoms with Crippen molar-refractivity contribution in [2.24, 2.45) is 0 Å². The Kier molecular flexibility index (Phi) is 4.94. The van der Waals surface area contributed by atoms with E-state index in [2.05, 4.69) is 5.32 Å². The van der Waals surface area contributed by atoms with Gasteiger partial charge in [0.1, 0.15) is 0 Å². The van der Waals surface area contributed by atoms with Crippen LogP contribution in [0.4, 0.5) is 5.69 Å². The number of amides is 1. The fourth-order valence-electron chi connectivity index (χ4n) is 2.31. The van der Waals surface area contributed by atoms with Gasteiger partial charge in [-0.15, -0.1) is 11.3 Å². The Morgan fingerprint density at radius 2 is 1.68 bits per heavy atom. The molecule has 1 N–H and O–H groups in total. The zero-order valence-electron chi connectivity index (χ0n) is 13.2. The van der Waals surface area contributed by atoms with E-state index in [1.54, 1.807) is 36.4 Å². The summed E-state index contributed by atoms with van der Waals surface area (Å²) in [6, 6.07) is 17.3. The zero-order chi connectivity index (χ0) is 18.0. The highest BCUT2D eigenvalue weighted by atomic mass is 35.5. The second-order valence-electron chi connectivity index (χ2n) is 5.39. The molecule has 1 aromatic heterocycles. The molecular formula is C18H14ClNO3S2. The van der Waals surface area contributed by atoms with E-state index >= 15 is 0 Å². The summed E-state index contributed by atoms with van der Waals surface area (Å²) in [4.78, 5) is 14.0. The lowest BCUT2D eigenvalue weighted by atomic mass is 10.2. The third-order valence-corrected chi connectivity index (χ3v) is 6.03. The highest BCUT2D eigenvalue weighted by Gasteiger charge is 2.16. The first-order valence-corrected chi connectivity index (χ1v) is 10.4. The molecule has 0 aliphatic rings. The van der Waals surface area contributed by atoms with E-state index in [4.69, 9.17) is 11.6 Å². The molecule has 3 aromatic rings. The van der Waals surface area contributed by atoms with Gasteiger partial charge in [0.2, 0.25) is 0 Å². The molecule has 7 heteroatoms. The van der Waals surface area contributed by atoms with Crippen molar-refractivity contribution in [3.63, 3.8) is 0 Å². The third-order valence-electron chi connectivity index (χ3n) is 3.49. The van der Waals surface area contributed by atoms with E-state index < -0.39 is 9.84 Å². The van der Waals surface area contributed by atoms with E-state index in [-0.39, 0.29) is 16.5 Å². The molecule has 0 bridgehead atoms. The second-order valence-corrected chi connectivity index (χ2v) is 8.90. The topological polar surface area (TPSA) is 63.2 Å². The number of thiophene rings is 1. The molecule has 4 nitrogen and oxygen atoms in total. The molecule has 128 valence electrons. The number of para-hydroxylation sites is 1. The summed E-state index contributed by atoms with van der Waals surface area (Å²) >= 11 is 7.21. The number of hydrogen-bond donors (Lipinski definition) is 1.